The van der Waals surface area contributed by atoms with Crippen molar-refractivity contribution in [2.75, 3.05) is 24.6 Å². The first-order valence-corrected chi connectivity index (χ1v) is 8.24. The summed E-state index contributed by atoms with van der Waals surface area (Å²) in [6.07, 6.45) is 5.13. The molecular weight excluding hydrogens is 262 g/mol. The van der Waals surface area contributed by atoms with Crippen LogP contribution in [0.3, 0.4) is 0 Å². The molecule has 1 unspecified atom stereocenters. The Morgan fingerprint density at radius 3 is 2.57 bits per heavy atom. The van der Waals surface area contributed by atoms with Gasteiger partial charge in [0.25, 0.3) is 0 Å². The second kappa shape index (κ2) is 9.74. The fourth-order valence-electron chi connectivity index (χ4n) is 2.66. The molecule has 0 aromatic carbocycles. The maximum absolute atomic E-state index is 9.35. The van der Waals surface area contributed by atoms with Gasteiger partial charge in [-0.3, -0.25) is 0 Å². The van der Waals surface area contributed by atoms with Crippen LogP contribution in [0.1, 0.15) is 58.6 Å². The number of aliphatic hydroxyl groups is 1. The number of nitrogens with zero attached hydrogens (tertiary/aromatic N) is 2. The summed E-state index contributed by atoms with van der Waals surface area (Å²) >= 11 is 0. The lowest BCUT2D eigenvalue weighted by Crippen LogP contribution is -2.37. The zero-order chi connectivity index (χ0) is 15.7. The smallest absolute Gasteiger partial charge is 0.129 e. The third-order valence-corrected chi connectivity index (χ3v) is 3.99. The Balaban J connectivity index is 2.93. The molecule has 0 amide bonds. The molecule has 0 fully saturated rings. The average Bonchev–Trinajstić information content (AvgIpc) is 2.53. The van der Waals surface area contributed by atoms with Crippen molar-refractivity contribution in [3.63, 3.8) is 0 Å². The van der Waals surface area contributed by atoms with E-state index in [9.17, 15) is 5.11 Å². The van der Waals surface area contributed by atoms with E-state index in [0.717, 1.165) is 31.6 Å². The third-order valence-electron chi connectivity index (χ3n) is 3.99. The number of rotatable bonds is 10. The topological polar surface area (TPSA) is 48.4 Å². The van der Waals surface area contributed by atoms with Crippen LogP contribution in [0.2, 0.25) is 0 Å². The number of pyridine rings is 1. The summed E-state index contributed by atoms with van der Waals surface area (Å²) in [6, 6.07) is 4.98. The molecule has 4 nitrogen and oxygen atoms in total. The molecule has 0 aliphatic carbocycles. The van der Waals surface area contributed by atoms with Crippen LogP contribution in [-0.2, 0) is 0 Å². The minimum absolute atomic E-state index is 0.159. The van der Waals surface area contributed by atoms with Gasteiger partial charge < -0.3 is 15.3 Å². The second-order valence-corrected chi connectivity index (χ2v) is 5.51. The number of nitrogens with one attached hydrogen (secondary N) is 1. The number of anilines is 1. The van der Waals surface area contributed by atoms with Crippen LogP contribution in [0.5, 0.6) is 0 Å². The molecule has 0 aliphatic rings. The fraction of sp³-hybridized carbons (Fsp3) is 0.706. The van der Waals surface area contributed by atoms with Crippen molar-refractivity contribution in [3.8, 4) is 0 Å². The van der Waals surface area contributed by atoms with Gasteiger partial charge in [-0.05, 0) is 50.4 Å². The average molecular weight is 293 g/mol. The fourth-order valence-corrected chi connectivity index (χ4v) is 2.66. The van der Waals surface area contributed by atoms with Gasteiger partial charge in [0.2, 0.25) is 0 Å². The first kappa shape index (κ1) is 17.9. The van der Waals surface area contributed by atoms with Crippen LogP contribution in [0, 0.1) is 0 Å². The highest BCUT2D eigenvalue weighted by Gasteiger charge is 2.17. The number of hydrogen-bond donors (Lipinski definition) is 2. The van der Waals surface area contributed by atoms with Gasteiger partial charge in [0.05, 0.1) is 6.61 Å². The molecule has 1 heterocycles. The van der Waals surface area contributed by atoms with E-state index in [4.69, 9.17) is 0 Å². The standard InChI is InChI=1S/C17H31N3O/c1-5-9-18-14(4)15-8-10-19-17(13-15)20(11-12-21)16(6-2)7-3/h8,10,13-14,16,18,21H,5-7,9,11-12H2,1-4H3. The summed E-state index contributed by atoms with van der Waals surface area (Å²) in [6.45, 7) is 10.6. The number of hydrogen-bond acceptors (Lipinski definition) is 4. The van der Waals surface area contributed by atoms with Crippen molar-refractivity contribution in [2.24, 2.45) is 0 Å². The minimum Gasteiger partial charge on any atom is -0.395 e. The van der Waals surface area contributed by atoms with Crippen LogP contribution < -0.4 is 10.2 Å². The maximum atomic E-state index is 9.35. The molecule has 1 aromatic rings. The molecular formula is C17H31N3O. The molecule has 0 spiro atoms. The Bertz CT molecular complexity index is 393. The van der Waals surface area contributed by atoms with Gasteiger partial charge in [-0.1, -0.05) is 20.8 Å². The zero-order valence-electron chi connectivity index (χ0n) is 14.0. The summed E-state index contributed by atoms with van der Waals surface area (Å²) < 4.78 is 0. The SMILES string of the molecule is CCCNC(C)c1ccnc(N(CCO)C(CC)CC)c1. The first-order valence-electron chi connectivity index (χ1n) is 8.24. The van der Waals surface area contributed by atoms with E-state index in [1.54, 1.807) is 0 Å². The predicted octanol–water partition coefficient (Wildman–Crippen LogP) is 3.13. The summed E-state index contributed by atoms with van der Waals surface area (Å²) in [5, 5.41) is 12.9. The lowest BCUT2D eigenvalue weighted by atomic mass is 10.1. The molecule has 0 aliphatic heterocycles. The molecule has 1 rings (SSSR count). The molecule has 1 atom stereocenters. The van der Waals surface area contributed by atoms with E-state index in [-0.39, 0.29) is 6.61 Å². The first-order chi connectivity index (χ1) is 10.2. The number of aromatic nitrogens is 1. The third kappa shape index (κ3) is 5.29. The molecule has 1 aromatic heterocycles. The lowest BCUT2D eigenvalue weighted by molar-refractivity contribution is 0.295. The Morgan fingerprint density at radius 1 is 1.29 bits per heavy atom. The Morgan fingerprint density at radius 2 is 2.00 bits per heavy atom. The largest absolute Gasteiger partial charge is 0.395 e. The maximum Gasteiger partial charge on any atom is 0.129 e. The van der Waals surface area contributed by atoms with Crippen molar-refractivity contribution in [1.29, 1.82) is 0 Å². The van der Waals surface area contributed by atoms with E-state index in [2.05, 4.69) is 55.0 Å². The van der Waals surface area contributed by atoms with E-state index < -0.39 is 0 Å². The van der Waals surface area contributed by atoms with E-state index >= 15 is 0 Å². The van der Waals surface area contributed by atoms with E-state index in [0.29, 0.717) is 18.6 Å². The van der Waals surface area contributed by atoms with Gasteiger partial charge in [0, 0.05) is 24.8 Å². The summed E-state index contributed by atoms with van der Waals surface area (Å²) in [7, 11) is 0. The molecule has 4 heteroatoms. The van der Waals surface area contributed by atoms with Gasteiger partial charge >= 0.3 is 0 Å². The van der Waals surface area contributed by atoms with Crippen molar-refractivity contribution in [2.45, 2.75) is 59.0 Å². The molecule has 0 bridgehead atoms. The Kier molecular flexibility index (Phi) is 8.31. The highest BCUT2D eigenvalue weighted by Crippen LogP contribution is 2.22. The molecule has 21 heavy (non-hydrogen) atoms. The van der Waals surface area contributed by atoms with Crippen LogP contribution >= 0.6 is 0 Å². The van der Waals surface area contributed by atoms with Crippen LogP contribution in [-0.4, -0.2) is 35.8 Å². The summed E-state index contributed by atoms with van der Waals surface area (Å²) in [5.41, 5.74) is 1.25. The van der Waals surface area contributed by atoms with Crippen molar-refractivity contribution < 1.29 is 5.11 Å². The molecule has 0 saturated heterocycles. The van der Waals surface area contributed by atoms with Crippen LogP contribution in [0.25, 0.3) is 0 Å². The lowest BCUT2D eigenvalue weighted by Gasteiger charge is -2.31. The van der Waals surface area contributed by atoms with Gasteiger partial charge in [0.1, 0.15) is 5.82 Å². The number of aliphatic hydroxyl groups excluding tert-OH is 1. The quantitative estimate of drug-likeness (QED) is 0.696. The van der Waals surface area contributed by atoms with Gasteiger partial charge in [-0.25, -0.2) is 4.98 Å². The molecule has 2 N–H and O–H groups in total. The monoisotopic (exact) mass is 293 g/mol. The highest BCUT2D eigenvalue weighted by atomic mass is 16.3. The predicted molar refractivity (Wildman–Crippen MR) is 89.7 cm³/mol. The van der Waals surface area contributed by atoms with E-state index in [1.165, 1.54) is 5.56 Å². The van der Waals surface area contributed by atoms with Gasteiger partial charge in [0.15, 0.2) is 0 Å². The zero-order valence-corrected chi connectivity index (χ0v) is 14.0. The molecule has 0 saturated carbocycles. The van der Waals surface area contributed by atoms with Crippen LogP contribution in [0.4, 0.5) is 5.82 Å². The molecule has 0 radical (unpaired) electrons. The Hall–Kier alpha value is -1.13. The molecule has 120 valence electrons. The normalized spacial score (nSPS) is 12.7. The van der Waals surface area contributed by atoms with Gasteiger partial charge in [-0.15, -0.1) is 0 Å². The Labute approximate surface area is 129 Å². The highest BCUT2D eigenvalue weighted by molar-refractivity contribution is 5.43. The van der Waals surface area contributed by atoms with Crippen molar-refractivity contribution in [1.82, 2.24) is 10.3 Å². The van der Waals surface area contributed by atoms with Crippen molar-refractivity contribution >= 4 is 5.82 Å². The van der Waals surface area contributed by atoms with E-state index in [1.807, 2.05) is 6.20 Å². The summed E-state index contributed by atoms with van der Waals surface area (Å²) in [4.78, 5) is 6.76. The second-order valence-electron chi connectivity index (χ2n) is 5.51. The van der Waals surface area contributed by atoms with Gasteiger partial charge in [-0.2, -0.15) is 0 Å². The minimum atomic E-state index is 0.159. The summed E-state index contributed by atoms with van der Waals surface area (Å²) in [5.74, 6) is 0.973. The van der Waals surface area contributed by atoms with Crippen LogP contribution in [0.15, 0.2) is 18.3 Å². The van der Waals surface area contributed by atoms with Crippen molar-refractivity contribution in [3.05, 3.63) is 23.9 Å².